The van der Waals surface area contributed by atoms with Crippen LogP contribution in [0.1, 0.15) is 12.8 Å². The zero-order valence-electron chi connectivity index (χ0n) is 8.71. The zero-order valence-corrected chi connectivity index (χ0v) is 14.7. The van der Waals surface area contributed by atoms with Crippen molar-refractivity contribution in [3.8, 4) is 12.1 Å². The van der Waals surface area contributed by atoms with Gasteiger partial charge in [0.15, 0.2) is 0 Å². The lowest BCUT2D eigenvalue weighted by atomic mass is 10.5. The molecule has 6 heteroatoms. The van der Waals surface area contributed by atoms with E-state index in [4.69, 9.17) is 10.5 Å². The zero-order chi connectivity index (χ0) is 12.2. The lowest BCUT2D eigenvalue weighted by Crippen LogP contribution is -1.87. The molecular formula is C10H12I2N2S2. The van der Waals surface area contributed by atoms with E-state index in [2.05, 4.69) is 57.3 Å². The van der Waals surface area contributed by atoms with Crippen LogP contribution in [0.3, 0.4) is 0 Å². The van der Waals surface area contributed by atoms with Crippen molar-refractivity contribution < 1.29 is 0 Å². The van der Waals surface area contributed by atoms with Crippen molar-refractivity contribution in [3.63, 3.8) is 0 Å². The van der Waals surface area contributed by atoms with E-state index in [1.54, 1.807) is 0 Å². The second-order valence-electron chi connectivity index (χ2n) is 2.66. The van der Waals surface area contributed by atoms with Gasteiger partial charge < -0.3 is 0 Å². The summed E-state index contributed by atoms with van der Waals surface area (Å²) in [5, 5.41) is 18.0. The lowest BCUT2D eigenvalue weighted by molar-refractivity contribution is 1.15. The molecule has 0 aliphatic heterocycles. The average Bonchev–Trinajstić information content (AvgIpc) is 2.31. The van der Waals surface area contributed by atoms with Crippen molar-refractivity contribution in [1.29, 1.82) is 10.5 Å². The Balaban J connectivity index is 4.30. The highest BCUT2D eigenvalue weighted by Crippen LogP contribution is 2.28. The SMILES string of the molecule is N#CC(SCCCI)=C(C#N)SCCCI. The minimum Gasteiger partial charge on any atom is -0.192 e. The number of nitriles is 2. The summed E-state index contributed by atoms with van der Waals surface area (Å²) in [5.41, 5.74) is 0. The van der Waals surface area contributed by atoms with Crippen LogP contribution in [-0.2, 0) is 0 Å². The standard InChI is InChI=1S/C10H12I2N2S2/c11-3-1-5-15-9(7-13)10(8-14)16-6-2-4-12/h1-6H2. The van der Waals surface area contributed by atoms with Crippen LogP contribution < -0.4 is 0 Å². The molecule has 0 aliphatic carbocycles. The van der Waals surface area contributed by atoms with Crippen molar-refractivity contribution in [2.24, 2.45) is 0 Å². The molecule has 0 N–H and O–H groups in total. The van der Waals surface area contributed by atoms with Gasteiger partial charge in [-0.25, -0.2) is 0 Å². The summed E-state index contributed by atoms with van der Waals surface area (Å²) in [6.07, 6.45) is 2.15. The van der Waals surface area contributed by atoms with Crippen LogP contribution in [-0.4, -0.2) is 20.4 Å². The predicted octanol–water partition coefficient (Wildman–Crippen LogP) is 4.36. The molecule has 88 valence electrons. The number of rotatable bonds is 8. The molecule has 0 radical (unpaired) electrons. The first-order chi connectivity index (χ1) is 7.79. The predicted molar refractivity (Wildman–Crippen MR) is 90.2 cm³/mol. The first-order valence-corrected chi connectivity index (χ1v) is 9.74. The van der Waals surface area contributed by atoms with E-state index in [1.165, 1.54) is 23.5 Å². The number of hydrogen-bond donors (Lipinski definition) is 0. The Labute approximate surface area is 133 Å². The fraction of sp³-hybridized carbons (Fsp3) is 0.600. The second kappa shape index (κ2) is 12.3. The van der Waals surface area contributed by atoms with Gasteiger partial charge in [0.2, 0.25) is 0 Å². The van der Waals surface area contributed by atoms with Gasteiger partial charge in [0.05, 0.1) is 0 Å². The van der Waals surface area contributed by atoms with Crippen LogP contribution >= 0.6 is 68.7 Å². The molecule has 0 aromatic carbocycles. The molecule has 2 nitrogen and oxygen atoms in total. The Morgan fingerprint density at radius 1 is 0.875 bits per heavy atom. The molecule has 0 saturated carbocycles. The van der Waals surface area contributed by atoms with Gasteiger partial charge in [0.1, 0.15) is 21.9 Å². The first-order valence-electron chi connectivity index (χ1n) is 4.72. The lowest BCUT2D eigenvalue weighted by Gasteiger charge is -2.02. The highest BCUT2D eigenvalue weighted by atomic mass is 127. The van der Waals surface area contributed by atoms with Gasteiger partial charge in [-0.3, -0.25) is 0 Å². The maximum absolute atomic E-state index is 8.99. The van der Waals surface area contributed by atoms with Gasteiger partial charge in [0, 0.05) is 8.86 Å². The van der Waals surface area contributed by atoms with Crippen LogP contribution in [0.5, 0.6) is 0 Å². The van der Waals surface area contributed by atoms with E-state index >= 15 is 0 Å². The summed E-state index contributed by atoms with van der Waals surface area (Å²) in [6, 6.07) is 4.27. The molecule has 0 aliphatic rings. The number of thioether (sulfide) groups is 2. The third kappa shape index (κ3) is 8.04. The van der Waals surface area contributed by atoms with Gasteiger partial charge in [-0.05, 0) is 24.3 Å². The summed E-state index contributed by atoms with van der Waals surface area (Å²) in [6.45, 7) is 0. The molecule has 0 heterocycles. The monoisotopic (exact) mass is 478 g/mol. The van der Waals surface area contributed by atoms with Crippen LogP contribution in [0.4, 0.5) is 0 Å². The third-order valence-corrected chi connectivity index (χ3v) is 5.27. The van der Waals surface area contributed by atoms with Gasteiger partial charge in [-0.1, -0.05) is 45.2 Å². The Bertz CT molecular complexity index is 275. The summed E-state index contributed by atoms with van der Waals surface area (Å²) >= 11 is 7.65. The van der Waals surface area contributed by atoms with Crippen LogP contribution in [0.15, 0.2) is 9.81 Å². The molecule has 0 rings (SSSR count). The van der Waals surface area contributed by atoms with E-state index in [0.717, 1.165) is 33.2 Å². The molecular weight excluding hydrogens is 466 g/mol. The Morgan fingerprint density at radius 2 is 1.25 bits per heavy atom. The van der Waals surface area contributed by atoms with Crippen molar-refractivity contribution in [1.82, 2.24) is 0 Å². The molecule has 16 heavy (non-hydrogen) atoms. The molecule has 0 aromatic heterocycles. The molecule has 0 bridgehead atoms. The highest BCUT2D eigenvalue weighted by Gasteiger charge is 2.07. The quantitative estimate of drug-likeness (QED) is 0.225. The first kappa shape index (κ1) is 16.9. The Kier molecular flexibility index (Phi) is 13.0. The van der Waals surface area contributed by atoms with Gasteiger partial charge >= 0.3 is 0 Å². The fourth-order valence-electron chi connectivity index (χ4n) is 0.755. The minimum atomic E-state index is 0.589. The van der Waals surface area contributed by atoms with Gasteiger partial charge in [0.25, 0.3) is 0 Å². The van der Waals surface area contributed by atoms with Crippen molar-refractivity contribution in [2.75, 3.05) is 20.4 Å². The van der Waals surface area contributed by atoms with E-state index in [-0.39, 0.29) is 0 Å². The molecule has 0 saturated heterocycles. The Hall–Kier alpha value is 0.880. The van der Waals surface area contributed by atoms with Crippen molar-refractivity contribution >= 4 is 68.7 Å². The fourth-order valence-corrected chi connectivity index (χ4v) is 4.37. The number of halogens is 2. The maximum Gasteiger partial charge on any atom is 0.109 e. The minimum absolute atomic E-state index is 0.589. The third-order valence-electron chi connectivity index (χ3n) is 1.46. The summed E-state index contributed by atoms with van der Waals surface area (Å²) in [4.78, 5) is 1.18. The summed E-state index contributed by atoms with van der Waals surface area (Å²) < 4.78 is 2.18. The molecule has 0 unspecified atom stereocenters. The molecule has 0 amide bonds. The van der Waals surface area contributed by atoms with Crippen LogP contribution in [0.2, 0.25) is 0 Å². The highest BCUT2D eigenvalue weighted by molar-refractivity contribution is 14.1. The number of allylic oxidation sites excluding steroid dienone is 2. The molecule has 0 atom stereocenters. The summed E-state index contributed by atoms with van der Waals surface area (Å²) in [7, 11) is 0. The van der Waals surface area contributed by atoms with Crippen LogP contribution in [0.25, 0.3) is 0 Å². The van der Waals surface area contributed by atoms with E-state index < -0.39 is 0 Å². The number of alkyl halides is 2. The Morgan fingerprint density at radius 3 is 1.50 bits per heavy atom. The second-order valence-corrected chi connectivity index (χ2v) is 7.03. The largest absolute Gasteiger partial charge is 0.192 e. The molecule has 0 spiro atoms. The number of hydrogen-bond acceptors (Lipinski definition) is 4. The van der Waals surface area contributed by atoms with Crippen LogP contribution in [0, 0.1) is 22.7 Å². The van der Waals surface area contributed by atoms with E-state index in [9.17, 15) is 0 Å². The van der Waals surface area contributed by atoms with Gasteiger partial charge in [-0.15, -0.1) is 23.5 Å². The van der Waals surface area contributed by atoms with E-state index in [1.807, 2.05) is 0 Å². The summed E-state index contributed by atoms with van der Waals surface area (Å²) in [5.74, 6) is 1.84. The smallest absolute Gasteiger partial charge is 0.109 e. The molecule has 0 aromatic rings. The van der Waals surface area contributed by atoms with Crippen molar-refractivity contribution in [2.45, 2.75) is 12.8 Å². The topological polar surface area (TPSA) is 47.6 Å². The van der Waals surface area contributed by atoms with E-state index in [0.29, 0.717) is 9.81 Å². The molecule has 0 fully saturated rings. The normalized spacial score (nSPS) is 11.5. The number of nitrogens with zero attached hydrogens (tertiary/aromatic N) is 2. The maximum atomic E-state index is 8.99. The van der Waals surface area contributed by atoms with Crippen molar-refractivity contribution in [3.05, 3.63) is 9.81 Å². The van der Waals surface area contributed by atoms with Gasteiger partial charge in [-0.2, -0.15) is 10.5 Å². The average molecular weight is 478 g/mol.